The SMILES string of the molecule is CCCNOB(ONCCC)ONCCC. The molecule has 0 aliphatic carbocycles. The molecule has 0 aromatic rings. The van der Waals surface area contributed by atoms with Crippen LogP contribution >= 0.6 is 0 Å². The second-order valence-corrected chi connectivity index (χ2v) is 3.33. The molecule has 0 bridgehead atoms. The monoisotopic (exact) mass is 233 g/mol. The first kappa shape index (κ1) is 15.8. The van der Waals surface area contributed by atoms with E-state index in [0.717, 1.165) is 38.9 Å². The minimum absolute atomic E-state index is 0.755. The van der Waals surface area contributed by atoms with Gasteiger partial charge in [-0.2, -0.15) is 0 Å². The number of rotatable bonds is 12. The Hall–Kier alpha value is -0.175. The molecule has 3 N–H and O–H groups in total. The van der Waals surface area contributed by atoms with E-state index in [1.807, 2.05) is 0 Å². The van der Waals surface area contributed by atoms with Crippen LogP contribution in [0, 0.1) is 0 Å². The highest BCUT2D eigenvalue weighted by Crippen LogP contribution is 1.87. The van der Waals surface area contributed by atoms with Gasteiger partial charge in [0.05, 0.1) is 0 Å². The van der Waals surface area contributed by atoms with E-state index in [-0.39, 0.29) is 0 Å². The molecule has 0 heterocycles. The van der Waals surface area contributed by atoms with Gasteiger partial charge >= 0.3 is 7.32 Å². The molecule has 0 saturated carbocycles. The van der Waals surface area contributed by atoms with Crippen molar-refractivity contribution in [3.63, 3.8) is 0 Å². The average Bonchev–Trinajstić information content (AvgIpc) is 2.29. The lowest BCUT2D eigenvalue weighted by Gasteiger charge is -2.14. The van der Waals surface area contributed by atoms with Gasteiger partial charge < -0.3 is 0 Å². The maximum atomic E-state index is 5.16. The molecule has 0 saturated heterocycles. The van der Waals surface area contributed by atoms with Crippen LogP contribution in [0.4, 0.5) is 0 Å². The van der Waals surface area contributed by atoms with Crippen LogP contribution < -0.4 is 16.4 Å². The first-order valence-corrected chi connectivity index (χ1v) is 6.00. The molecule has 0 rings (SSSR count). The molecule has 0 aromatic carbocycles. The predicted octanol–water partition coefficient (Wildman–Crippen LogP) is 0.765. The molecule has 7 heteroatoms. The van der Waals surface area contributed by atoms with Crippen molar-refractivity contribution in [1.29, 1.82) is 0 Å². The van der Waals surface area contributed by atoms with Crippen LogP contribution in [0.5, 0.6) is 0 Å². The molecule has 0 aromatic heterocycles. The highest BCUT2D eigenvalue weighted by Gasteiger charge is 2.22. The van der Waals surface area contributed by atoms with Crippen molar-refractivity contribution >= 4 is 7.32 Å². The Morgan fingerprint density at radius 3 is 1.25 bits per heavy atom. The maximum Gasteiger partial charge on any atom is 0.692 e. The van der Waals surface area contributed by atoms with Gasteiger partial charge in [-0.1, -0.05) is 20.8 Å². The molecular formula is C9H24BN3O3. The lowest BCUT2D eigenvalue weighted by atomic mass is 10.3. The summed E-state index contributed by atoms with van der Waals surface area (Å²) in [6.07, 6.45) is 2.95. The first-order valence-electron chi connectivity index (χ1n) is 6.00. The van der Waals surface area contributed by atoms with Crippen LogP contribution in [0.15, 0.2) is 0 Å². The molecule has 0 radical (unpaired) electrons. The van der Waals surface area contributed by atoms with Crippen molar-refractivity contribution in [3.05, 3.63) is 0 Å². The number of hydrogen-bond acceptors (Lipinski definition) is 6. The fraction of sp³-hybridized carbons (Fsp3) is 1.00. The minimum Gasteiger partial charge on any atom is -0.299 e. The second kappa shape index (κ2) is 12.9. The van der Waals surface area contributed by atoms with Crippen LogP contribution in [-0.2, 0) is 14.3 Å². The zero-order valence-electron chi connectivity index (χ0n) is 10.5. The molecular weight excluding hydrogens is 209 g/mol. The molecule has 0 aliphatic rings. The quantitative estimate of drug-likeness (QED) is 0.263. The highest BCUT2D eigenvalue weighted by atomic mass is 16.9. The van der Waals surface area contributed by atoms with Gasteiger partial charge in [0.15, 0.2) is 0 Å². The smallest absolute Gasteiger partial charge is 0.299 e. The van der Waals surface area contributed by atoms with Gasteiger partial charge in [-0.15, -0.1) is 0 Å². The van der Waals surface area contributed by atoms with Gasteiger partial charge in [0, 0.05) is 19.6 Å². The van der Waals surface area contributed by atoms with Gasteiger partial charge in [-0.3, -0.25) is 14.3 Å². The van der Waals surface area contributed by atoms with Crippen molar-refractivity contribution in [3.8, 4) is 0 Å². The minimum atomic E-state index is -0.787. The Labute approximate surface area is 98.4 Å². The summed E-state index contributed by atoms with van der Waals surface area (Å²) in [4.78, 5) is 0. The van der Waals surface area contributed by atoms with Crippen molar-refractivity contribution in [2.45, 2.75) is 40.0 Å². The Bertz CT molecular complexity index is 119. The Morgan fingerprint density at radius 1 is 0.688 bits per heavy atom. The average molecular weight is 233 g/mol. The Morgan fingerprint density at radius 2 is 1.00 bits per heavy atom. The third-order valence-electron chi connectivity index (χ3n) is 1.59. The van der Waals surface area contributed by atoms with Crippen molar-refractivity contribution in [2.75, 3.05) is 19.6 Å². The molecule has 0 atom stereocenters. The largest absolute Gasteiger partial charge is 0.692 e. The number of nitrogens with one attached hydrogen (secondary N) is 3. The zero-order valence-corrected chi connectivity index (χ0v) is 10.5. The van der Waals surface area contributed by atoms with Crippen LogP contribution in [-0.4, -0.2) is 27.0 Å². The van der Waals surface area contributed by atoms with E-state index in [0.29, 0.717) is 0 Å². The lowest BCUT2D eigenvalue weighted by Crippen LogP contribution is -2.42. The van der Waals surface area contributed by atoms with Crippen LogP contribution in [0.3, 0.4) is 0 Å². The first-order chi connectivity index (χ1) is 7.85. The lowest BCUT2D eigenvalue weighted by molar-refractivity contribution is -0.00765. The topological polar surface area (TPSA) is 63.8 Å². The number of hydroxylamine groups is 3. The van der Waals surface area contributed by atoms with Crippen LogP contribution in [0.1, 0.15) is 40.0 Å². The van der Waals surface area contributed by atoms with Crippen molar-refractivity contribution < 1.29 is 14.3 Å². The summed E-state index contributed by atoms with van der Waals surface area (Å²) in [6, 6.07) is 0. The summed E-state index contributed by atoms with van der Waals surface area (Å²) in [5, 5.41) is 0. The van der Waals surface area contributed by atoms with Gasteiger partial charge in [0.25, 0.3) is 0 Å². The third kappa shape index (κ3) is 10.3. The summed E-state index contributed by atoms with van der Waals surface area (Å²) < 4.78 is 15.5. The highest BCUT2D eigenvalue weighted by molar-refractivity contribution is 6.35. The van der Waals surface area contributed by atoms with Gasteiger partial charge in [-0.25, -0.2) is 16.4 Å². The van der Waals surface area contributed by atoms with Crippen molar-refractivity contribution in [2.24, 2.45) is 0 Å². The standard InChI is InChI=1S/C9H24BN3O3/c1-4-7-11-14-10(15-12-8-5-2)16-13-9-6-3/h11-13H,4-9H2,1-3H3. The molecule has 6 nitrogen and oxygen atoms in total. The fourth-order valence-corrected chi connectivity index (χ4v) is 0.759. The van der Waals surface area contributed by atoms with Crippen LogP contribution in [0.2, 0.25) is 0 Å². The Kier molecular flexibility index (Phi) is 12.8. The van der Waals surface area contributed by atoms with Crippen LogP contribution in [0.25, 0.3) is 0 Å². The molecule has 16 heavy (non-hydrogen) atoms. The maximum absolute atomic E-state index is 5.16. The zero-order chi connectivity index (χ0) is 12.1. The third-order valence-corrected chi connectivity index (χ3v) is 1.59. The van der Waals surface area contributed by atoms with E-state index in [2.05, 4.69) is 37.2 Å². The molecule has 0 aliphatic heterocycles. The van der Waals surface area contributed by atoms with E-state index in [1.54, 1.807) is 0 Å². The van der Waals surface area contributed by atoms with E-state index in [4.69, 9.17) is 14.3 Å². The summed E-state index contributed by atoms with van der Waals surface area (Å²) in [5.74, 6) is 0. The van der Waals surface area contributed by atoms with Crippen molar-refractivity contribution in [1.82, 2.24) is 16.4 Å². The Balaban J connectivity index is 3.58. The molecule has 96 valence electrons. The van der Waals surface area contributed by atoms with Gasteiger partial charge in [-0.05, 0) is 19.3 Å². The summed E-state index contributed by atoms with van der Waals surface area (Å²) in [5.41, 5.74) is 8.28. The fourth-order valence-electron chi connectivity index (χ4n) is 0.759. The molecule has 0 unspecified atom stereocenters. The summed E-state index contributed by atoms with van der Waals surface area (Å²) >= 11 is 0. The van der Waals surface area contributed by atoms with Gasteiger partial charge in [0.1, 0.15) is 0 Å². The molecule has 0 spiro atoms. The summed E-state index contributed by atoms with van der Waals surface area (Å²) in [7, 11) is -0.787. The number of hydrogen-bond donors (Lipinski definition) is 3. The predicted molar refractivity (Wildman–Crippen MR) is 63.9 cm³/mol. The van der Waals surface area contributed by atoms with Gasteiger partial charge in [0.2, 0.25) is 0 Å². The van der Waals surface area contributed by atoms with E-state index < -0.39 is 7.32 Å². The second-order valence-electron chi connectivity index (χ2n) is 3.33. The summed E-state index contributed by atoms with van der Waals surface area (Å²) in [6.45, 7) is 8.42. The molecule has 0 amide bonds. The van der Waals surface area contributed by atoms with E-state index in [1.165, 1.54) is 0 Å². The normalized spacial score (nSPS) is 10.7. The van der Waals surface area contributed by atoms with E-state index >= 15 is 0 Å². The molecule has 0 fully saturated rings. The van der Waals surface area contributed by atoms with E-state index in [9.17, 15) is 0 Å².